The standard InChI is InChI=1S/C17H23Cl2NO/c1-2-3-5-12-8-10-13(11-9-12)17(21)20-15-7-4-6-14(18)16(15)19/h4,6-7,12-13H,2-3,5,8-11H2,1H3,(H,20,21). The van der Waals surface area contributed by atoms with Gasteiger partial charge in [-0.15, -0.1) is 0 Å². The van der Waals surface area contributed by atoms with E-state index in [4.69, 9.17) is 23.2 Å². The molecule has 1 amide bonds. The van der Waals surface area contributed by atoms with Crippen molar-refractivity contribution in [2.45, 2.75) is 51.9 Å². The molecule has 0 bridgehead atoms. The minimum Gasteiger partial charge on any atom is -0.324 e. The fraction of sp³-hybridized carbons (Fsp3) is 0.588. The monoisotopic (exact) mass is 327 g/mol. The molecule has 0 unspecified atom stereocenters. The lowest BCUT2D eigenvalue weighted by atomic mass is 9.79. The molecule has 1 saturated carbocycles. The number of halogens is 2. The molecule has 4 heteroatoms. The summed E-state index contributed by atoms with van der Waals surface area (Å²) in [6.45, 7) is 2.23. The SMILES string of the molecule is CCCCC1CCC(C(=O)Nc2cccc(Cl)c2Cl)CC1. The molecule has 1 aromatic carbocycles. The third kappa shape index (κ3) is 4.62. The van der Waals surface area contributed by atoms with E-state index in [9.17, 15) is 4.79 Å². The minimum absolute atomic E-state index is 0.0770. The normalized spacial score (nSPS) is 22.0. The molecular formula is C17H23Cl2NO. The highest BCUT2D eigenvalue weighted by atomic mass is 35.5. The maximum Gasteiger partial charge on any atom is 0.227 e. The second-order valence-electron chi connectivity index (χ2n) is 5.95. The van der Waals surface area contributed by atoms with Crippen LogP contribution >= 0.6 is 23.2 Å². The van der Waals surface area contributed by atoms with Gasteiger partial charge in [-0.05, 0) is 43.7 Å². The third-order valence-electron chi connectivity index (χ3n) is 4.39. The molecule has 1 aromatic rings. The van der Waals surface area contributed by atoms with Gasteiger partial charge in [0.15, 0.2) is 0 Å². The lowest BCUT2D eigenvalue weighted by molar-refractivity contribution is -0.121. The molecule has 0 radical (unpaired) electrons. The Morgan fingerprint density at radius 2 is 1.95 bits per heavy atom. The first-order valence-electron chi connectivity index (χ1n) is 7.86. The molecule has 21 heavy (non-hydrogen) atoms. The van der Waals surface area contributed by atoms with E-state index in [0.717, 1.165) is 18.8 Å². The third-order valence-corrected chi connectivity index (χ3v) is 5.21. The van der Waals surface area contributed by atoms with Crippen molar-refractivity contribution in [3.63, 3.8) is 0 Å². The lowest BCUT2D eigenvalue weighted by Gasteiger charge is -2.27. The summed E-state index contributed by atoms with van der Waals surface area (Å²) in [5.74, 6) is 0.995. The molecule has 1 aliphatic carbocycles. The van der Waals surface area contributed by atoms with Gasteiger partial charge >= 0.3 is 0 Å². The van der Waals surface area contributed by atoms with Crippen LogP contribution in [0.5, 0.6) is 0 Å². The summed E-state index contributed by atoms with van der Waals surface area (Å²) in [4.78, 5) is 12.3. The average molecular weight is 328 g/mol. The largest absolute Gasteiger partial charge is 0.324 e. The van der Waals surface area contributed by atoms with E-state index in [1.54, 1.807) is 18.2 Å². The molecule has 1 fully saturated rings. The zero-order valence-electron chi connectivity index (χ0n) is 12.5. The Balaban J connectivity index is 1.86. The predicted octanol–water partition coefficient (Wildman–Crippen LogP) is 5.93. The summed E-state index contributed by atoms with van der Waals surface area (Å²) in [7, 11) is 0. The zero-order chi connectivity index (χ0) is 15.2. The van der Waals surface area contributed by atoms with Crippen LogP contribution in [0.3, 0.4) is 0 Å². The highest BCUT2D eigenvalue weighted by molar-refractivity contribution is 6.43. The summed E-state index contributed by atoms with van der Waals surface area (Å²) in [5, 5.41) is 3.81. The first kappa shape index (κ1) is 16.6. The van der Waals surface area contributed by atoms with Crippen molar-refractivity contribution >= 4 is 34.8 Å². The van der Waals surface area contributed by atoms with Gasteiger partial charge in [-0.2, -0.15) is 0 Å². The number of anilines is 1. The highest BCUT2D eigenvalue weighted by Crippen LogP contribution is 2.34. The number of benzene rings is 1. The zero-order valence-corrected chi connectivity index (χ0v) is 14.0. The maximum atomic E-state index is 12.3. The summed E-state index contributed by atoms with van der Waals surface area (Å²) < 4.78 is 0. The van der Waals surface area contributed by atoms with E-state index < -0.39 is 0 Å². The molecule has 116 valence electrons. The molecule has 0 heterocycles. The fourth-order valence-corrected chi connectivity index (χ4v) is 3.39. The number of carbonyl (C=O) groups is 1. The predicted molar refractivity (Wildman–Crippen MR) is 90.1 cm³/mol. The molecule has 1 N–H and O–H groups in total. The fourth-order valence-electron chi connectivity index (χ4n) is 3.04. The molecule has 0 aromatic heterocycles. The van der Waals surface area contributed by atoms with Crippen LogP contribution in [-0.4, -0.2) is 5.91 Å². The van der Waals surface area contributed by atoms with Crippen LogP contribution in [0.15, 0.2) is 18.2 Å². The topological polar surface area (TPSA) is 29.1 Å². The Labute approximate surface area is 137 Å². The van der Waals surface area contributed by atoms with Gasteiger partial charge in [0.05, 0.1) is 15.7 Å². The first-order valence-corrected chi connectivity index (χ1v) is 8.62. The van der Waals surface area contributed by atoms with E-state index >= 15 is 0 Å². The summed E-state index contributed by atoms with van der Waals surface area (Å²) in [5.41, 5.74) is 0.613. The van der Waals surface area contributed by atoms with E-state index in [-0.39, 0.29) is 11.8 Å². The van der Waals surface area contributed by atoms with Gasteiger partial charge < -0.3 is 5.32 Å². The number of unbranched alkanes of at least 4 members (excludes halogenated alkanes) is 1. The van der Waals surface area contributed by atoms with Crippen LogP contribution in [0.2, 0.25) is 10.0 Å². The summed E-state index contributed by atoms with van der Waals surface area (Å²) >= 11 is 12.1. The highest BCUT2D eigenvalue weighted by Gasteiger charge is 2.26. The smallest absolute Gasteiger partial charge is 0.227 e. The molecule has 1 aliphatic rings. The minimum atomic E-state index is 0.0770. The quantitative estimate of drug-likeness (QED) is 0.713. The van der Waals surface area contributed by atoms with Crippen molar-refractivity contribution in [1.82, 2.24) is 0 Å². The van der Waals surface area contributed by atoms with Crippen LogP contribution in [-0.2, 0) is 4.79 Å². The van der Waals surface area contributed by atoms with Crippen molar-refractivity contribution in [2.75, 3.05) is 5.32 Å². The number of rotatable bonds is 5. The van der Waals surface area contributed by atoms with Gasteiger partial charge in [0.1, 0.15) is 0 Å². The Kier molecular flexibility index (Phi) is 6.38. The molecule has 0 spiro atoms. The number of hydrogen-bond acceptors (Lipinski definition) is 1. The van der Waals surface area contributed by atoms with Crippen molar-refractivity contribution in [3.8, 4) is 0 Å². The van der Waals surface area contributed by atoms with Gasteiger partial charge in [0.25, 0.3) is 0 Å². The van der Waals surface area contributed by atoms with Crippen LogP contribution in [0.4, 0.5) is 5.69 Å². The molecular weight excluding hydrogens is 305 g/mol. The van der Waals surface area contributed by atoms with Crippen molar-refractivity contribution in [3.05, 3.63) is 28.2 Å². The van der Waals surface area contributed by atoms with Crippen molar-refractivity contribution < 1.29 is 4.79 Å². The van der Waals surface area contributed by atoms with Crippen molar-refractivity contribution in [2.24, 2.45) is 11.8 Å². The van der Waals surface area contributed by atoms with Gasteiger partial charge in [0.2, 0.25) is 5.91 Å². The Bertz CT molecular complexity index is 482. The van der Waals surface area contributed by atoms with Gasteiger partial charge in [-0.25, -0.2) is 0 Å². The Morgan fingerprint density at radius 3 is 2.62 bits per heavy atom. The summed E-state index contributed by atoms with van der Waals surface area (Å²) in [6.07, 6.45) is 8.18. The molecule has 0 aliphatic heterocycles. The van der Waals surface area contributed by atoms with E-state index in [0.29, 0.717) is 15.7 Å². The van der Waals surface area contributed by atoms with Crippen LogP contribution in [0, 0.1) is 11.8 Å². The van der Waals surface area contributed by atoms with Crippen LogP contribution in [0.1, 0.15) is 51.9 Å². The molecule has 0 atom stereocenters. The van der Waals surface area contributed by atoms with Crippen molar-refractivity contribution in [1.29, 1.82) is 0 Å². The van der Waals surface area contributed by atoms with Crippen LogP contribution < -0.4 is 5.32 Å². The maximum absolute atomic E-state index is 12.3. The average Bonchev–Trinajstić information content (AvgIpc) is 2.50. The van der Waals surface area contributed by atoms with E-state index in [2.05, 4.69) is 12.2 Å². The number of hydrogen-bond donors (Lipinski definition) is 1. The van der Waals surface area contributed by atoms with Crippen LogP contribution in [0.25, 0.3) is 0 Å². The molecule has 2 nitrogen and oxygen atoms in total. The Hall–Kier alpha value is -0.730. The van der Waals surface area contributed by atoms with E-state index in [1.165, 1.54) is 32.1 Å². The van der Waals surface area contributed by atoms with E-state index in [1.807, 2.05) is 0 Å². The first-order chi connectivity index (χ1) is 10.1. The second-order valence-corrected chi connectivity index (χ2v) is 6.74. The number of carbonyl (C=O) groups excluding carboxylic acids is 1. The number of nitrogens with one attached hydrogen (secondary N) is 1. The number of amides is 1. The summed E-state index contributed by atoms with van der Waals surface area (Å²) in [6, 6.07) is 5.31. The molecule has 0 saturated heterocycles. The lowest BCUT2D eigenvalue weighted by Crippen LogP contribution is -2.27. The second kappa shape index (κ2) is 8.05. The van der Waals surface area contributed by atoms with Gasteiger partial charge in [-0.3, -0.25) is 4.79 Å². The van der Waals surface area contributed by atoms with Gasteiger partial charge in [0, 0.05) is 5.92 Å². The molecule has 2 rings (SSSR count). The van der Waals surface area contributed by atoms with Gasteiger partial charge in [-0.1, -0.05) is 55.5 Å². The Morgan fingerprint density at radius 1 is 1.24 bits per heavy atom.